The van der Waals surface area contributed by atoms with Crippen molar-refractivity contribution in [2.24, 2.45) is 10.9 Å². The van der Waals surface area contributed by atoms with Crippen molar-refractivity contribution in [3.8, 4) is 0 Å². The smallest absolute Gasteiger partial charge is 0.343 e. The molecule has 1 saturated heterocycles. The van der Waals surface area contributed by atoms with E-state index in [0.717, 1.165) is 10.4 Å². The van der Waals surface area contributed by atoms with Crippen LogP contribution in [-0.4, -0.2) is 65.1 Å². The molecule has 9 nitrogen and oxygen atoms in total. The van der Waals surface area contributed by atoms with Crippen LogP contribution in [-0.2, 0) is 4.79 Å². The maximum Gasteiger partial charge on any atom is 0.343 e. The van der Waals surface area contributed by atoms with Gasteiger partial charge in [-0.15, -0.1) is 0 Å². The van der Waals surface area contributed by atoms with Crippen molar-refractivity contribution in [1.29, 1.82) is 0 Å². The standard InChI is InChI=1S/C26H26Cl2N6O3/c1-16-22(25(36)32-13-11-31(12-14-32)17-7-4-3-5-8-17)24(18-9-6-10-19(27)23(18)28)33-20(30-16)15-21(35)34(33)26(37)29-2/h3-10,15,22,24H,11-14H2,1-2H3,(H,29,37). The van der Waals surface area contributed by atoms with Crippen molar-refractivity contribution in [3.63, 3.8) is 0 Å². The van der Waals surface area contributed by atoms with E-state index in [2.05, 4.69) is 27.3 Å². The molecule has 1 N–H and O–H groups in total. The molecule has 2 atom stereocenters. The van der Waals surface area contributed by atoms with E-state index in [1.165, 1.54) is 17.8 Å². The minimum Gasteiger partial charge on any atom is -0.368 e. The molecule has 2 aliphatic heterocycles. The Morgan fingerprint density at radius 1 is 1.00 bits per heavy atom. The van der Waals surface area contributed by atoms with E-state index < -0.39 is 23.6 Å². The molecule has 0 aliphatic carbocycles. The molecule has 5 rings (SSSR count). The van der Waals surface area contributed by atoms with Crippen molar-refractivity contribution in [1.82, 2.24) is 19.6 Å². The first kappa shape index (κ1) is 25.1. The Kier molecular flexibility index (Phi) is 6.83. The van der Waals surface area contributed by atoms with Crippen LogP contribution in [0.3, 0.4) is 0 Å². The zero-order chi connectivity index (χ0) is 26.3. The molecular weight excluding hydrogens is 515 g/mol. The molecule has 1 fully saturated rings. The van der Waals surface area contributed by atoms with Gasteiger partial charge in [0.1, 0.15) is 5.92 Å². The van der Waals surface area contributed by atoms with E-state index in [-0.39, 0.29) is 16.7 Å². The molecule has 0 radical (unpaired) electrons. The third-order valence-electron chi connectivity index (χ3n) is 6.92. The van der Waals surface area contributed by atoms with E-state index in [1.807, 2.05) is 23.1 Å². The minimum absolute atomic E-state index is 0.148. The highest BCUT2D eigenvalue weighted by Gasteiger charge is 2.43. The first-order chi connectivity index (χ1) is 17.8. The summed E-state index contributed by atoms with van der Waals surface area (Å²) in [6.45, 7) is 4.17. The lowest BCUT2D eigenvalue weighted by atomic mass is 9.86. The fourth-order valence-electron chi connectivity index (χ4n) is 5.11. The summed E-state index contributed by atoms with van der Waals surface area (Å²) < 4.78 is 2.41. The molecule has 3 aromatic rings. The van der Waals surface area contributed by atoms with Gasteiger partial charge in [0.15, 0.2) is 5.82 Å². The molecule has 3 heterocycles. The van der Waals surface area contributed by atoms with Crippen LogP contribution in [0.25, 0.3) is 0 Å². The van der Waals surface area contributed by atoms with Crippen LogP contribution >= 0.6 is 23.2 Å². The van der Waals surface area contributed by atoms with Crippen LogP contribution in [0.2, 0.25) is 10.0 Å². The maximum absolute atomic E-state index is 14.1. The van der Waals surface area contributed by atoms with Gasteiger partial charge in [-0.1, -0.05) is 53.5 Å². The zero-order valence-corrected chi connectivity index (χ0v) is 21.9. The Labute approximate surface area is 223 Å². The molecule has 11 heteroatoms. The van der Waals surface area contributed by atoms with Gasteiger partial charge in [-0.3, -0.25) is 9.59 Å². The predicted molar refractivity (Wildman–Crippen MR) is 145 cm³/mol. The Hall–Kier alpha value is -3.56. The summed E-state index contributed by atoms with van der Waals surface area (Å²) in [5, 5.41) is 3.06. The summed E-state index contributed by atoms with van der Waals surface area (Å²) in [6, 6.07) is 15.0. The Bertz CT molecular complexity index is 1440. The highest BCUT2D eigenvalue weighted by atomic mass is 35.5. The third-order valence-corrected chi connectivity index (χ3v) is 7.75. The van der Waals surface area contributed by atoms with Crippen LogP contribution in [0, 0.1) is 5.92 Å². The summed E-state index contributed by atoms with van der Waals surface area (Å²) in [5.41, 5.74) is 1.61. The van der Waals surface area contributed by atoms with E-state index >= 15 is 0 Å². The summed E-state index contributed by atoms with van der Waals surface area (Å²) >= 11 is 13.0. The number of anilines is 1. The largest absolute Gasteiger partial charge is 0.368 e. The summed E-state index contributed by atoms with van der Waals surface area (Å²) in [7, 11) is 1.43. The highest BCUT2D eigenvalue weighted by Crippen LogP contribution is 2.41. The van der Waals surface area contributed by atoms with Crippen LogP contribution in [0.4, 0.5) is 16.3 Å². The number of para-hydroxylation sites is 1. The number of nitrogens with zero attached hydrogens (tertiary/aromatic N) is 5. The first-order valence-electron chi connectivity index (χ1n) is 12.0. The molecule has 2 aliphatic rings. The van der Waals surface area contributed by atoms with Crippen LogP contribution < -0.4 is 15.8 Å². The van der Waals surface area contributed by atoms with E-state index in [0.29, 0.717) is 42.5 Å². The van der Waals surface area contributed by atoms with Crippen LogP contribution in [0.1, 0.15) is 18.5 Å². The van der Waals surface area contributed by atoms with Crippen molar-refractivity contribution in [2.75, 3.05) is 38.1 Å². The molecule has 0 spiro atoms. The maximum atomic E-state index is 14.1. The van der Waals surface area contributed by atoms with E-state index in [9.17, 15) is 14.4 Å². The molecule has 2 unspecified atom stereocenters. The first-order valence-corrected chi connectivity index (χ1v) is 12.7. The topological polar surface area (TPSA) is 91.9 Å². The lowest BCUT2D eigenvalue weighted by molar-refractivity contribution is -0.134. The van der Waals surface area contributed by atoms with Gasteiger partial charge in [-0.25, -0.2) is 14.5 Å². The summed E-state index contributed by atoms with van der Waals surface area (Å²) in [6.07, 6.45) is 0. The van der Waals surface area contributed by atoms with Crippen molar-refractivity contribution in [2.45, 2.75) is 13.0 Å². The number of fused-ring (bicyclic) bond motifs is 1. The molecule has 1 aromatic heterocycles. The second-order valence-electron chi connectivity index (χ2n) is 9.02. The fourth-order valence-corrected chi connectivity index (χ4v) is 5.53. The summed E-state index contributed by atoms with van der Waals surface area (Å²) in [5.74, 6) is -0.676. The molecule has 0 saturated carbocycles. The molecule has 0 bridgehead atoms. The van der Waals surface area contributed by atoms with Gasteiger partial charge in [0.25, 0.3) is 5.56 Å². The second kappa shape index (κ2) is 10.1. The molecule has 2 aromatic carbocycles. The highest BCUT2D eigenvalue weighted by molar-refractivity contribution is 6.42. The number of hydrogen-bond acceptors (Lipinski definition) is 5. The zero-order valence-electron chi connectivity index (χ0n) is 20.4. The van der Waals surface area contributed by atoms with Gasteiger partial charge in [-0.2, -0.15) is 4.68 Å². The Morgan fingerprint density at radius 2 is 1.70 bits per heavy atom. The Morgan fingerprint density at radius 3 is 2.38 bits per heavy atom. The van der Waals surface area contributed by atoms with Crippen molar-refractivity contribution < 1.29 is 9.59 Å². The average Bonchev–Trinajstić information content (AvgIpc) is 3.24. The van der Waals surface area contributed by atoms with Gasteiger partial charge in [0.2, 0.25) is 5.91 Å². The molecule has 37 heavy (non-hydrogen) atoms. The van der Waals surface area contributed by atoms with Gasteiger partial charge in [0, 0.05) is 50.7 Å². The number of carbonyl (C=O) groups excluding carboxylic acids is 2. The van der Waals surface area contributed by atoms with E-state index in [4.69, 9.17) is 23.2 Å². The number of benzene rings is 2. The number of amides is 2. The Balaban J connectivity index is 1.55. The number of aliphatic imine (C=N–C) groups is 1. The third kappa shape index (κ3) is 4.42. The number of nitrogens with one attached hydrogen (secondary N) is 1. The molecular formula is C26H26Cl2N6O3. The normalized spacial score (nSPS) is 19.3. The van der Waals surface area contributed by atoms with E-state index in [1.54, 1.807) is 25.1 Å². The number of halogens is 2. The van der Waals surface area contributed by atoms with Gasteiger partial charge in [0.05, 0.1) is 16.1 Å². The minimum atomic E-state index is -0.807. The fraction of sp³-hybridized carbons (Fsp3) is 0.308. The predicted octanol–water partition coefficient (Wildman–Crippen LogP) is 3.80. The van der Waals surface area contributed by atoms with Crippen LogP contribution in [0.5, 0.6) is 0 Å². The molecule has 2 amide bonds. The summed E-state index contributed by atoms with van der Waals surface area (Å²) in [4.78, 5) is 48.3. The lowest BCUT2D eigenvalue weighted by Gasteiger charge is -2.40. The van der Waals surface area contributed by atoms with Gasteiger partial charge >= 0.3 is 6.03 Å². The molecule has 192 valence electrons. The van der Waals surface area contributed by atoms with Gasteiger partial charge < -0.3 is 15.1 Å². The number of aromatic nitrogens is 2. The number of rotatable bonds is 3. The number of piperazine rings is 1. The van der Waals surface area contributed by atoms with Crippen LogP contribution in [0.15, 0.2) is 64.4 Å². The van der Waals surface area contributed by atoms with Crippen molar-refractivity contribution >= 4 is 52.4 Å². The quantitative estimate of drug-likeness (QED) is 0.546. The average molecular weight is 541 g/mol. The second-order valence-corrected chi connectivity index (χ2v) is 9.80. The number of hydrogen-bond donors (Lipinski definition) is 1. The number of carbonyl (C=O) groups is 2. The SMILES string of the molecule is CNC(=O)n1c(=O)cc2n1C(c1cccc(Cl)c1Cl)C(C(=O)N1CCN(c3ccccc3)CC1)C(C)=N2. The van der Waals surface area contributed by atoms with Crippen molar-refractivity contribution in [3.05, 3.63) is 80.6 Å². The van der Waals surface area contributed by atoms with Gasteiger partial charge in [-0.05, 0) is 30.7 Å². The monoisotopic (exact) mass is 540 g/mol. The lowest BCUT2D eigenvalue weighted by Crippen LogP contribution is -2.53.